The summed E-state index contributed by atoms with van der Waals surface area (Å²) in [5.74, 6) is 0.0348. The van der Waals surface area contributed by atoms with Gasteiger partial charge in [0.15, 0.2) is 5.84 Å². The number of amidine groups is 1. The second kappa shape index (κ2) is 5.72. The molecule has 0 aromatic carbocycles. The Morgan fingerprint density at radius 3 is 2.62 bits per heavy atom. The van der Waals surface area contributed by atoms with Crippen molar-refractivity contribution < 1.29 is 10.3 Å². The van der Waals surface area contributed by atoms with Crippen LogP contribution in [0, 0.1) is 0 Å². The van der Waals surface area contributed by atoms with E-state index in [0.717, 1.165) is 5.03 Å². The molecule has 0 saturated heterocycles. The third-order valence-corrected chi connectivity index (χ3v) is 3.37. The normalized spacial score (nSPS) is 15.8. The number of thioether (sulfide) groups is 1. The third-order valence-electron chi connectivity index (χ3n) is 2.13. The van der Waals surface area contributed by atoms with Gasteiger partial charge in [0.1, 0.15) is 0 Å². The van der Waals surface area contributed by atoms with Crippen molar-refractivity contribution in [1.29, 1.82) is 0 Å². The molecule has 0 aliphatic rings. The molecule has 16 heavy (non-hydrogen) atoms. The van der Waals surface area contributed by atoms with Crippen LogP contribution in [-0.4, -0.2) is 32.5 Å². The summed E-state index contributed by atoms with van der Waals surface area (Å²) in [4.78, 5) is 4.15. The molecule has 2 unspecified atom stereocenters. The molecule has 0 saturated carbocycles. The standard InChI is InChI=1S/C10H15N3O2S/c1-6(14)7(2)16-9-4-3-8(5-12-9)10(11)13-15/h3-7,14-15H,1-2H3,(H2,11,13). The van der Waals surface area contributed by atoms with Gasteiger partial charge in [-0.2, -0.15) is 0 Å². The highest BCUT2D eigenvalue weighted by Crippen LogP contribution is 2.23. The fourth-order valence-corrected chi connectivity index (χ4v) is 1.79. The largest absolute Gasteiger partial charge is 0.409 e. The number of aliphatic hydroxyl groups is 1. The lowest BCUT2D eigenvalue weighted by Gasteiger charge is -2.13. The predicted molar refractivity (Wildman–Crippen MR) is 63.7 cm³/mol. The Hall–Kier alpha value is -1.27. The Morgan fingerprint density at radius 2 is 2.19 bits per heavy atom. The first-order valence-electron chi connectivity index (χ1n) is 4.83. The first-order valence-corrected chi connectivity index (χ1v) is 5.71. The van der Waals surface area contributed by atoms with Crippen LogP contribution in [0.25, 0.3) is 0 Å². The molecule has 1 heterocycles. The van der Waals surface area contributed by atoms with Crippen LogP contribution in [0.5, 0.6) is 0 Å². The highest BCUT2D eigenvalue weighted by molar-refractivity contribution is 7.99. The van der Waals surface area contributed by atoms with Crippen LogP contribution in [0.2, 0.25) is 0 Å². The number of nitrogens with zero attached hydrogens (tertiary/aromatic N) is 2. The van der Waals surface area contributed by atoms with E-state index in [-0.39, 0.29) is 11.1 Å². The van der Waals surface area contributed by atoms with Crippen LogP contribution in [0.3, 0.4) is 0 Å². The minimum atomic E-state index is -0.393. The molecule has 0 aliphatic carbocycles. The fourth-order valence-electron chi connectivity index (χ4n) is 0.948. The second-order valence-corrected chi connectivity index (χ2v) is 4.83. The average Bonchev–Trinajstić information content (AvgIpc) is 2.28. The lowest BCUT2D eigenvalue weighted by molar-refractivity contribution is 0.196. The zero-order valence-corrected chi connectivity index (χ0v) is 9.98. The summed E-state index contributed by atoms with van der Waals surface area (Å²) >= 11 is 1.48. The maximum absolute atomic E-state index is 9.34. The Kier molecular flexibility index (Phi) is 4.57. The lowest BCUT2D eigenvalue weighted by atomic mass is 10.3. The number of oxime groups is 1. The Balaban J connectivity index is 2.72. The molecule has 1 aromatic heterocycles. The summed E-state index contributed by atoms with van der Waals surface area (Å²) < 4.78 is 0. The molecule has 4 N–H and O–H groups in total. The van der Waals surface area contributed by atoms with Gasteiger partial charge in [-0.25, -0.2) is 4.98 Å². The molecule has 0 fully saturated rings. The SMILES string of the molecule is CC(O)C(C)Sc1ccc(/C(N)=N/O)cn1. The van der Waals surface area contributed by atoms with E-state index < -0.39 is 6.10 Å². The number of aliphatic hydroxyl groups excluding tert-OH is 1. The van der Waals surface area contributed by atoms with Crippen LogP contribution in [0.4, 0.5) is 0 Å². The zero-order valence-electron chi connectivity index (χ0n) is 9.16. The maximum atomic E-state index is 9.34. The molecule has 0 radical (unpaired) electrons. The van der Waals surface area contributed by atoms with Gasteiger partial charge >= 0.3 is 0 Å². The van der Waals surface area contributed by atoms with Crippen LogP contribution in [-0.2, 0) is 0 Å². The minimum absolute atomic E-state index is 0.0348. The van der Waals surface area contributed by atoms with Crippen LogP contribution in [0.1, 0.15) is 19.4 Å². The summed E-state index contributed by atoms with van der Waals surface area (Å²) in [7, 11) is 0. The average molecular weight is 241 g/mol. The van der Waals surface area contributed by atoms with Crippen molar-refractivity contribution in [2.24, 2.45) is 10.9 Å². The number of hydrogen-bond donors (Lipinski definition) is 3. The van der Waals surface area contributed by atoms with E-state index >= 15 is 0 Å². The molecular weight excluding hydrogens is 226 g/mol. The molecular formula is C10H15N3O2S. The van der Waals surface area contributed by atoms with Gasteiger partial charge in [0.05, 0.1) is 11.1 Å². The van der Waals surface area contributed by atoms with Crippen molar-refractivity contribution >= 4 is 17.6 Å². The van der Waals surface area contributed by atoms with E-state index in [4.69, 9.17) is 10.9 Å². The van der Waals surface area contributed by atoms with Gasteiger partial charge in [-0.1, -0.05) is 12.1 Å². The maximum Gasteiger partial charge on any atom is 0.171 e. The van der Waals surface area contributed by atoms with E-state index in [9.17, 15) is 5.11 Å². The summed E-state index contributed by atoms with van der Waals surface area (Å²) in [6.07, 6.45) is 1.14. The summed E-state index contributed by atoms with van der Waals surface area (Å²) in [6.45, 7) is 3.66. The second-order valence-electron chi connectivity index (χ2n) is 3.43. The van der Waals surface area contributed by atoms with Crippen molar-refractivity contribution in [3.63, 3.8) is 0 Å². The molecule has 2 atom stereocenters. The quantitative estimate of drug-likeness (QED) is 0.241. The number of rotatable bonds is 4. The monoisotopic (exact) mass is 241 g/mol. The van der Waals surface area contributed by atoms with Crippen molar-refractivity contribution in [2.45, 2.75) is 30.2 Å². The minimum Gasteiger partial charge on any atom is -0.409 e. The van der Waals surface area contributed by atoms with Gasteiger partial charge < -0.3 is 16.0 Å². The van der Waals surface area contributed by atoms with E-state index in [1.807, 2.05) is 6.92 Å². The Labute approximate surface area is 98.4 Å². The fraction of sp³-hybridized carbons (Fsp3) is 0.400. The molecule has 1 rings (SSSR count). The zero-order chi connectivity index (χ0) is 12.1. The molecule has 0 spiro atoms. The first kappa shape index (κ1) is 12.8. The molecule has 0 aliphatic heterocycles. The topological polar surface area (TPSA) is 91.7 Å². The van der Waals surface area contributed by atoms with E-state index in [0.29, 0.717) is 5.56 Å². The lowest BCUT2D eigenvalue weighted by Crippen LogP contribution is -2.15. The number of aromatic nitrogens is 1. The highest BCUT2D eigenvalue weighted by Gasteiger charge is 2.11. The van der Waals surface area contributed by atoms with Gasteiger partial charge in [0.25, 0.3) is 0 Å². The molecule has 88 valence electrons. The summed E-state index contributed by atoms with van der Waals surface area (Å²) in [5.41, 5.74) is 5.97. The highest BCUT2D eigenvalue weighted by atomic mass is 32.2. The van der Waals surface area contributed by atoms with Gasteiger partial charge in [-0.15, -0.1) is 11.8 Å². The van der Waals surface area contributed by atoms with Crippen molar-refractivity contribution in [2.75, 3.05) is 0 Å². The smallest absolute Gasteiger partial charge is 0.171 e. The van der Waals surface area contributed by atoms with Crippen molar-refractivity contribution in [3.05, 3.63) is 23.9 Å². The van der Waals surface area contributed by atoms with E-state index in [1.165, 1.54) is 18.0 Å². The van der Waals surface area contributed by atoms with Crippen LogP contribution >= 0.6 is 11.8 Å². The van der Waals surface area contributed by atoms with Crippen molar-refractivity contribution in [3.8, 4) is 0 Å². The van der Waals surface area contributed by atoms with Gasteiger partial charge in [0, 0.05) is 17.0 Å². The van der Waals surface area contributed by atoms with E-state index in [2.05, 4.69) is 10.1 Å². The molecule has 0 bridgehead atoms. The van der Waals surface area contributed by atoms with E-state index in [1.54, 1.807) is 19.1 Å². The Bertz CT molecular complexity index is 365. The molecule has 1 aromatic rings. The van der Waals surface area contributed by atoms with Gasteiger partial charge in [-0.05, 0) is 19.1 Å². The summed E-state index contributed by atoms with van der Waals surface area (Å²) in [6, 6.07) is 3.50. The van der Waals surface area contributed by atoms with Crippen LogP contribution < -0.4 is 5.73 Å². The third kappa shape index (κ3) is 3.39. The summed E-state index contributed by atoms with van der Waals surface area (Å²) in [5, 5.41) is 21.6. The Morgan fingerprint density at radius 1 is 1.50 bits per heavy atom. The molecule has 0 amide bonds. The predicted octanol–water partition coefficient (Wildman–Crippen LogP) is 1.04. The van der Waals surface area contributed by atoms with Gasteiger partial charge in [-0.3, -0.25) is 0 Å². The number of pyridine rings is 1. The van der Waals surface area contributed by atoms with Crippen molar-refractivity contribution in [1.82, 2.24) is 4.98 Å². The number of hydrogen-bond acceptors (Lipinski definition) is 5. The van der Waals surface area contributed by atoms with Crippen LogP contribution in [0.15, 0.2) is 28.5 Å². The molecule has 6 heteroatoms. The molecule has 5 nitrogen and oxygen atoms in total. The first-order chi connectivity index (χ1) is 7.54. The number of nitrogens with two attached hydrogens (primary N) is 1. The van der Waals surface area contributed by atoms with Gasteiger partial charge in [0.2, 0.25) is 0 Å².